The minimum atomic E-state index is -0.732. The molecule has 0 aliphatic carbocycles. The van der Waals surface area contributed by atoms with Crippen LogP contribution in [0.25, 0.3) is 0 Å². The summed E-state index contributed by atoms with van der Waals surface area (Å²) in [5, 5.41) is 13.8. The Labute approximate surface area is 109 Å². The Hall–Kier alpha value is -1.32. The molecular weight excluding hydrogens is 228 g/mol. The number of hydrogen-bond acceptors (Lipinski definition) is 2. The van der Waals surface area contributed by atoms with Crippen LogP contribution >= 0.6 is 0 Å². The van der Waals surface area contributed by atoms with E-state index in [1.807, 2.05) is 38.4 Å². The molecule has 0 bridgehead atoms. The lowest BCUT2D eigenvalue weighted by Gasteiger charge is -2.27. The molecule has 18 heavy (non-hydrogen) atoms. The Balaban J connectivity index is 3.00. The molecule has 1 heterocycles. The van der Waals surface area contributed by atoms with Crippen LogP contribution in [0.2, 0.25) is 0 Å². The number of carboxylic acids is 1. The first-order chi connectivity index (χ1) is 8.29. The van der Waals surface area contributed by atoms with E-state index in [0.29, 0.717) is 6.42 Å². The summed E-state index contributed by atoms with van der Waals surface area (Å²) in [5.74, 6) is -1.12. The van der Waals surface area contributed by atoms with Gasteiger partial charge in [-0.1, -0.05) is 27.7 Å². The zero-order chi connectivity index (χ0) is 13.9. The third kappa shape index (κ3) is 3.34. The van der Waals surface area contributed by atoms with Crippen molar-refractivity contribution >= 4 is 5.97 Å². The van der Waals surface area contributed by atoms with Gasteiger partial charge in [0, 0.05) is 18.7 Å². The Bertz CT molecular complexity index is 416. The summed E-state index contributed by atoms with van der Waals surface area (Å²) in [6, 6.07) is 2.03. The first-order valence-electron chi connectivity index (χ1n) is 6.58. The summed E-state index contributed by atoms with van der Waals surface area (Å²) in [5.41, 5.74) is 1.81. The summed E-state index contributed by atoms with van der Waals surface area (Å²) < 4.78 is 1.92. The van der Waals surface area contributed by atoms with Crippen LogP contribution in [0.3, 0.4) is 0 Å². The number of nitrogens with zero attached hydrogens (tertiary/aromatic N) is 2. The molecule has 102 valence electrons. The fourth-order valence-corrected chi connectivity index (χ4v) is 2.10. The van der Waals surface area contributed by atoms with Gasteiger partial charge in [0.15, 0.2) is 0 Å². The van der Waals surface area contributed by atoms with Crippen LogP contribution < -0.4 is 0 Å². The standard InChI is InChI=1S/C14H24N2O2/c1-6-10-8-11(16(7-2)15-10)9-12(13(17)18)14(3,4)5/h8,12H,6-7,9H2,1-5H3,(H,17,18). The van der Waals surface area contributed by atoms with Crippen molar-refractivity contribution in [3.8, 4) is 0 Å². The molecule has 1 N–H and O–H groups in total. The molecule has 4 heteroatoms. The molecule has 0 radical (unpaired) electrons. The van der Waals surface area contributed by atoms with Crippen molar-refractivity contribution in [3.63, 3.8) is 0 Å². The molecule has 1 aromatic heterocycles. The number of hydrogen-bond donors (Lipinski definition) is 1. The minimum absolute atomic E-state index is 0.249. The van der Waals surface area contributed by atoms with Crippen molar-refractivity contribution in [2.45, 2.75) is 54.0 Å². The number of aromatic nitrogens is 2. The van der Waals surface area contributed by atoms with E-state index >= 15 is 0 Å². The van der Waals surface area contributed by atoms with Gasteiger partial charge in [-0.05, 0) is 24.8 Å². The van der Waals surface area contributed by atoms with Crippen molar-refractivity contribution in [2.24, 2.45) is 11.3 Å². The molecule has 1 atom stereocenters. The van der Waals surface area contributed by atoms with Gasteiger partial charge in [0.25, 0.3) is 0 Å². The molecule has 1 aromatic rings. The second-order valence-corrected chi connectivity index (χ2v) is 5.76. The van der Waals surface area contributed by atoms with Gasteiger partial charge in [-0.3, -0.25) is 9.48 Å². The number of rotatable bonds is 5. The van der Waals surface area contributed by atoms with E-state index in [1.54, 1.807) is 0 Å². The van der Waals surface area contributed by atoms with E-state index in [0.717, 1.165) is 24.4 Å². The first-order valence-corrected chi connectivity index (χ1v) is 6.58. The molecule has 0 spiro atoms. The van der Waals surface area contributed by atoms with E-state index in [9.17, 15) is 9.90 Å². The van der Waals surface area contributed by atoms with Crippen LogP contribution in [-0.2, 0) is 24.2 Å². The van der Waals surface area contributed by atoms with Gasteiger partial charge in [0.1, 0.15) is 0 Å². The topological polar surface area (TPSA) is 55.1 Å². The van der Waals surface area contributed by atoms with Gasteiger partial charge >= 0.3 is 5.97 Å². The molecule has 0 aromatic carbocycles. The van der Waals surface area contributed by atoms with Gasteiger partial charge < -0.3 is 5.11 Å². The van der Waals surface area contributed by atoms with Gasteiger partial charge in [0.05, 0.1) is 11.6 Å². The maximum atomic E-state index is 11.4. The highest BCUT2D eigenvalue weighted by Crippen LogP contribution is 2.29. The van der Waals surface area contributed by atoms with Crippen molar-refractivity contribution in [3.05, 3.63) is 17.5 Å². The van der Waals surface area contributed by atoms with Gasteiger partial charge in [-0.15, -0.1) is 0 Å². The summed E-state index contributed by atoms with van der Waals surface area (Å²) in [4.78, 5) is 11.4. The maximum Gasteiger partial charge on any atom is 0.307 e. The molecule has 4 nitrogen and oxygen atoms in total. The Kier molecular flexibility index (Phi) is 4.54. The summed E-state index contributed by atoms with van der Waals surface area (Å²) in [6.45, 7) is 10.8. The van der Waals surface area contributed by atoms with Crippen molar-refractivity contribution < 1.29 is 9.90 Å². The Morgan fingerprint density at radius 2 is 2.06 bits per heavy atom. The van der Waals surface area contributed by atoms with Gasteiger partial charge in [-0.2, -0.15) is 5.10 Å². The highest BCUT2D eigenvalue weighted by Gasteiger charge is 2.32. The zero-order valence-corrected chi connectivity index (χ0v) is 12.0. The lowest BCUT2D eigenvalue weighted by molar-refractivity contribution is -0.145. The van der Waals surface area contributed by atoms with Gasteiger partial charge in [-0.25, -0.2) is 0 Å². The number of aryl methyl sites for hydroxylation is 2. The zero-order valence-electron chi connectivity index (χ0n) is 12.0. The van der Waals surface area contributed by atoms with Crippen LogP contribution in [-0.4, -0.2) is 20.9 Å². The molecule has 0 saturated heterocycles. The SMILES string of the molecule is CCc1cc(CC(C(=O)O)C(C)(C)C)n(CC)n1. The third-order valence-corrected chi connectivity index (χ3v) is 3.33. The maximum absolute atomic E-state index is 11.4. The molecule has 0 fully saturated rings. The molecule has 0 aliphatic heterocycles. The monoisotopic (exact) mass is 252 g/mol. The van der Waals surface area contributed by atoms with Crippen molar-refractivity contribution in [2.75, 3.05) is 0 Å². The first kappa shape index (κ1) is 14.7. The summed E-state index contributed by atoms with van der Waals surface area (Å²) in [7, 11) is 0. The van der Waals surface area contributed by atoms with Crippen molar-refractivity contribution in [1.29, 1.82) is 0 Å². The fraction of sp³-hybridized carbons (Fsp3) is 0.714. The van der Waals surface area contributed by atoms with Crippen molar-refractivity contribution in [1.82, 2.24) is 9.78 Å². The third-order valence-electron chi connectivity index (χ3n) is 3.33. The van der Waals surface area contributed by atoms with E-state index in [-0.39, 0.29) is 11.3 Å². The predicted molar refractivity (Wildman–Crippen MR) is 71.6 cm³/mol. The van der Waals surface area contributed by atoms with Crippen LogP contribution in [0, 0.1) is 11.3 Å². The summed E-state index contributed by atoms with van der Waals surface area (Å²) >= 11 is 0. The van der Waals surface area contributed by atoms with Crippen LogP contribution in [0.4, 0.5) is 0 Å². The van der Waals surface area contributed by atoms with E-state index in [4.69, 9.17) is 0 Å². The normalized spacial score (nSPS) is 13.6. The lowest BCUT2D eigenvalue weighted by atomic mass is 9.78. The molecule has 0 amide bonds. The van der Waals surface area contributed by atoms with Crippen LogP contribution in [0.1, 0.15) is 46.0 Å². The number of carboxylic acid groups (broad SMARTS) is 1. The Morgan fingerprint density at radius 1 is 1.44 bits per heavy atom. The highest BCUT2D eigenvalue weighted by molar-refractivity contribution is 5.71. The molecule has 0 aliphatic rings. The molecule has 0 saturated carbocycles. The average Bonchev–Trinajstić information content (AvgIpc) is 2.66. The average molecular weight is 252 g/mol. The summed E-state index contributed by atoms with van der Waals surface area (Å²) in [6.07, 6.45) is 1.42. The smallest absolute Gasteiger partial charge is 0.307 e. The van der Waals surface area contributed by atoms with Crippen LogP contribution in [0.15, 0.2) is 6.07 Å². The second kappa shape index (κ2) is 5.55. The fourth-order valence-electron chi connectivity index (χ4n) is 2.10. The van der Waals surface area contributed by atoms with E-state index in [2.05, 4.69) is 12.0 Å². The molecule has 1 rings (SSSR count). The largest absolute Gasteiger partial charge is 0.481 e. The highest BCUT2D eigenvalue weighted by atomic mass is 16.4. The predicted octanol–water partition coefficient (Wildman–Crippen LogP) is 2.75. The van der Waals surface area contributed by atoms with E-state index < -0.39 is 5.97 Å². The number of carbonyl (C=O) groups is 1. The quantitative estimate of drug-likeness (QED) is 0.876. The minimum Gasteiger partial charge on any atom is -0.481 e. The Morgan fingerprint density at radius 3 is 2.44 bits per heavy atom. The van der Waals surface area contributed by atoms with E-state index in [1.165, 1.54) is 0 Å². The molecular formula is C14H24N2O2. The second-order valence-electron chi connectivity index (χ2n) is 5.76. The number of aliphatic carboxylic acids is 1. The lowest BCUT2D eigenvalue weighted by Crippen LogP contribution is -2.31. The molecule has 1 unspecified atom stereocenters. The van der Waals surface area contributed by atoms with Crippen LogP contribution in [0.5, 0.6) is 0 Å². The van der Waals surface area contributed by atoms with Gasteiger partial charge in [0.2, 0.25) is 0 Å².